The van der Waals surface area contributed by atoms with E-state index in [2.05, 4.69) is 20.5 Å². The van der Waals surface area contributed by atoms with Crippen LogP contribution in [-0.4, -0.2) is 42.0 Å². The van der Waals surface area contributed by atoms with Crippen LogP contribution >= 0.6 is 0 Å². The Hall–Kier alpha value is -2.31. The van der Waals surface area contributed by atoms with Crippen LogP contribution in [0.4, 0.5) is 0 Å². The Balaban J connectivity index is 1.61. The molecule has 0 unspecified atom stereocenters. The monoisotopic (exact) mass is 286 g/mol. The Bertz CT molecular complexity index is 607. The van der Waals surface area contributed by atoms with Crippen LogP contribution in [0.3, 0.4) is 0 Å². The third-order valence-electron chi connectivity index (χ3n) is 3.66. The van der Waals surface area contributed by atoms with Crippen molar-refractivity contribution in [3.8, 4) is 0 Å². The maximum Gasteiger partial charge on any atom is 0.224 e. The van der Waals surface area contributed by atoms with Crippen LogP contribution in [0, 0.1) is 6.92 Å². The minimum Gasteiger partial charge on any atom is -0.335 e. The Labute approximate surface area is 123 Å². The molecule has 1 aliphatic carbocycles. The molecular weight excluding hydrogens is 268 g/mol. The first-order valence-electron chi connectivity index (χ1n) is 7.15. The molecule has 1 aliphatic rings. The first-order chi connectivity index (χ1) is 10.2. The number of tetrazole rings is 1. The molecule has 2 aromatic rings. The normalized spacial score (nSPS) is 14.1. The molecule has 0 N–H and O–H groups in total. The second-order valence-corrected chi connectivity index (χ2v) is 5.31. The average molecular weight is 286 g/mol. The van der Waals surface area contributed by atoms with E-state index >= 15 is 0 Å². The van der Waals surface area contributed by atoms with Crippen molar-refractivity contribution in [1.82, 2.24) is 30.1 Å². The predicted octanol–water partition coefficient (Wildman–Crippen LogP) is 0.958. The largest absolute Gasteiger partial charge is 0.335 e. The lowest BCUT2D eigenvalue weighted by atomic mass is 10.2. The van der Waals surface area contributed by atoms with Gasteiger partial charge in [-0.2, -0.15) is 0 Å². The van der Waals surface area contributed by atoms with Gasteiger partial charge in [0.25, 0.3) is 0 Å². The van der Waals surface area contributed by atoms with E-state index in [0.29, 0.717) is 25.6 Å². The smallest absolute Gasteiger partial charge is 0.224 e. The highest BCUT2D eigenvalue weighted by Gasteiger charge is 2.32. The summed E-state index contributed by atoms with van der Waals surface area (Å²) in [5.74, 6) is 0.888. The first kappa shape index (κ1) is 13.7. The second kappa shape index (κ2) is 5.99. The van der Waals surface area contributed by atoms with Crippen LogP contribution in [0.1, 0.15) is 30.7 Å². The van der Waals surface area contributed by atoms with Gasteiger partial charge in [-0.25, -0.2) is 4.68 Å². The van der Waals surface area contributed by atoms with E-state index in [1.54, 1.807) is 17.1 Å². The van der Waals surface area contributed by atoms with Gasteiger partial charge in [-0.3, -0.25) is 9.78 Å². The molecule has 7 heteroatoms. The van der Waals surface area contributed by atoms with Crippen LogP contribution in [0.2, 0.25) is 0 Å². The molecular formula is C14H18N6O. The quantitative estimate of drug-likeness (QED) is 0.790. The number of carbonyl (C=O) groups is 1. The standard InChI is InChI=1S/C14H18N6O/c1-11-16-17-18-20(11)9-6-14(21)19(13-2-3-13)10-12-4-7-15-8-5-12/h4-5,7-8,13H,2-3,6,9-10H2,1H3. The minimum atomic E-state index is 0.157. The van der Waals surface area contributed by atoms with Crippen LogP contribution < -0.4 is 0 Å². The van der Waals surface area contributed by atoms with Crippen molar-refractivity contribution >= 4 is 5.91 Å². The molecule has 7 nitrogen and oxygen atoms in total. The zero-order valence-electron chi connectivity index (χ0n) is 12.0. The fourth-order valence-electron chi connectivity index (χ4n) is 2.29. The fraction of sp³-hybridized carbons (Fsp3) is 0.500. The van der Waals surface area contributed by atoms with E-state index in [0.717, 1.165) is 24.2 Å². The van der Waals surface area contributed by atoms with E-state index < -0.39 is 0 Å². The van der Waals surface area contributed by atoms with Gasteiger partial charge in [-0.15, -0.1) is 5.10 Å². The molecule has 1 saturated carbocycles. The first-order valence-corrected chi connectivity index (χ1v) is 7.15. The molecule has 0 spiro atoms. The number of hydrogen-bond donors (Lipinski definition) is 0. The number of aryl methyl sites for hydroxylation is 2. The molecule has 1 amide bonds. The zero-order chi connectivity index (χ0) is 14.7. The van der Waals surface area contributed by atoms with Crippen molar-refractivity contribution in [2.75, 3.05) is 0 Å². The summed E-state index contributed by atoms with van der Waals surface area (Å²) in [5, 5.41) is 11.3. The van der Waals surface area contributed by atoms with Gasteiger partial charge in [0, 0.05) is 31.4 Å². The highest BCUT2D eigenvalue weighted by atomic mass is 16.2. The maximum atomic E-state index is 12.5. The molecule has 21 heavy (non-hydrogen) atoms. The molecule has 2 aromatic heterocycles. The Kier molecular flexibility index (Phi) is 3.89. The molecule has 0 bridgehead atoms. The number of carbonyl (C=O) groups excluding carboxylic acids is 1. The molecule has 0 radical (unpaired) electrons. The van der Waals surface area contributed by atoms with Crippen molar-refractivity contribution in [2.24, 2.45) is 0 Å². The van der Waals surface area contributed by atoms with Crippen molar-refractivity contribution in [1.29, 1.82) is 0 Å². The lowest BCUT2D eigenvalue weighted by Gasteiger charge is -2.22. The van der Waals surface area contributed by atoms with Gasteiger partial charge in [0.2, 0.25) is 5.91 Å². The summed E-state index contributed by atoms with van der Waals surface area (Å²) in [6.07, 6.45) is 6.14. The topological polar surface area (TPSA) is 76.8 Å². The molecule has 1 fully saturated rings. The summed E-state index contributed by atoms with van der Waals surface area (Å²) >= 11 is 0. The zero-order valence-corrected chi connectivity index (χ0v) is 12.0. The molecule has 0 saturated heterocycles. The summed E-state index contributed by atoms with van der Waals surface area (Å²) in [4.78, 5) is 18.4. The van der Waals surface area contributed by atoms with Crippen molar-refractivity contribution in [3.05, 3.63) is 35.9 Å². The summed E-state index contributed by atoms with van der Waals surface area (Å²) in [6, 6.07) is 4.29. The summed E-state index contributed by atoms with van der Waals surface area (Å²) in [7, 11) is 0. The summed E-state index contributed by atoms with van der Waals surface area (Å²) < 4.78 is 1.66. The van der Waals surface area contributed by atoms with Crippen molar-refractivity contribution in [2.45, 2.75) is 45.3 Å². The molecule has 0 atom stereocenters. The molecule has 0 aliphatic heterocycles. The Morgan fingerprint density at radius 1 is 1.38 bits per heavy atom. The van der Waals surface area contributed by atoms with Gasteiger partial charge >= 0.3 is 0 Å². The summed E-state index contributed by atoms with van der Waals surface area (Å²) in [6.45, 7) is 3.01. The number of nitrogens with zero attached hydrogens (tertiary/aromatic N) is 6. The van der Waals surface area contributed by atoms with E-state index in [1.807, 2.05) is 24.0 Å². The van der Waals surface area contributed by atoms with Crippen LogP contribution in [0.25, 0.3) is 0 Å². The molecule has 0 aromatic carbocycles. The van der Waals surface area contributed by atoms with Crippen molar-refractivity contribution < 1.29 is 4.79 Å². The Morgan fingerprint density at radius 3 is 2.76 bits per heavy atom. The van der Waals surface area contributed by atoms with E-state index in [4.69, 9.17) is 0 Å². The SMILES string of the molecule is Cc1nnnn1CCC(=O)N(Cc1ccncc1)C1CC1. The second-order valence-electron chi connectivity index (χ2n) is 5.31. The Morgan fingerprint density at radius 2 is 2.14 bits per heavy atom. The van der Waals surface area contributed by atoms with Crippen LogP contribution in [0.15, 0.2) is 24.5 Å². The highest BCUT2D eigenvalue weighted by Crippen LogP contribution is 2.29. The van der Waals surface area contributed by atoms with Gasteiger partial charge in [0.05, 0.1) is 6.54 Å². The number of amides is 1. The number of rotatable bonds is 6. The lowest BCUT2D eigenvalue weighted by molar-refractivity contribution is -0.132. The number of pyridine rings is 1. The molecule has 2 heterocycles. The van der Waals surface area contributed by atoms with Gasteiger partial charge in [-0.1, -0.05) is 0 Å². The van der Waals surface area contributed by atoms with Gasteiger partial charge in [-0.05, 0) is 47.9 Å². The maximum absolute atomic E-state index is 12.5. The van der Waals surface area contributed by atoms with Crippen LogP contribution in [-0.2, 0) is 17.9 Å². The van der Waals surface area contributed by atoms with Gasteiger partial charge in [0.15, 0.2) is 0 Å². The van der Waals surface area contributed by atoms with Crippen LogP contribution in [0.5, 0.6) is 0 Å². The third-order valence-corrected chi connectivity index (χ3v) is 3.66. The minimum absolute atomic E-state index is 0.157. The average Bonchev–Trinajstić information content (AvgIpc) is 3.26. The van der Waals surface area contributed by atoms with E-state index in [1.165, 1.54) is 0 Å². The van der Waals surface area contributed by atoms with E-state index in [9.17, 15) is 4.79 Å². The van der Waals surface area contributed by atoms with Gasteiger partial charge < -0.3 is 4.90 Å². The van der Waals surface area contributed by atoms with Crippen molar-refractivity contribution in [3.63, 3.8) is 0 Å². The lowest BCUT2D eigenvalue weighted by Crippen LogP contribution is -2.33. The van der Waals surface area contributed by atoms with E-state index in [-0.39, 0.29) is 5.91 Å². The highest BCUT2D eigenvalue weighted by molar-refractivity contribution is 5.76. The summed E-state index contributed by atoms with van der Waals surface area (Å²) in [5.41, 5.74) is 1.11. The number of hydrogen-bond acceptors (Lipinski definition) is 5. The fourth-order valence-corrected chi connectivity index (χ4v) is 2.29. The molecule has 110 valence electrons. The number of aromatic nitrogens is 5. The van der Waals surface area contributed by atoms with Gasteiger partial charge in [0.1, 0.15) is 5.82 Å². The third kappa shape index (κ3) is 3.42. The molecule has 3 rings (SSSR count). The predicted molar refractivity (Wildman–Crippen MR) is 75.0 cm³/mol.